The van der Waals surface area contributed by atoms with Gasteiger partial charge in [0.05, 0.1) is 13.7 Å². The largest absolute Gasteiger partial charge is 0.490 e. The van der Waals surface area contributed by atoms with E-state index in [2.05, 4.69) is 20.6 Å². The number of hydrogen-bond acceptors (Lipinski definition) is 6. The Labute approximate surface area is 113 Å². The molecule has 0 atom stereocenters. The molecule has 0 saturated carbocycles. The molecule has 7 heteroatoms. The number of carbonyl (C=O) groups is 1. The molecular weight excluding hydrogens is 246 g/mol. The normalized spacial score (nSPS) is 9.89. The third-order valence-corrected chi connectivity index (χ3v) is 2.66. The highest BCUT2D eigenvalue weighted by Gasteiger charge is 2.13. The van der Waals surface area contributed by atoms with E-state index in [1.807, 2.05) is 13.8 Å². The van der Waals surface area contributed by atoms with Crippen LogP contribution in [0.25, 0.3) is 0 Å². The van der Waals surface area contributed by atoms with E-state index < -0.39 is 0 Å². The Balaban J connectivity index is 2.77. The molecule has 2 N–H and O–H groups in total. The van der Waals surface area contributed by atoms with Gasteiger partial charge in [0.1, 0.15) is 6.33 Å². The summed E-state index contributed by atoms with van der Waals surface area (Å²) in [7, 11) is 3.30. The average Bonchev–Trinajstić information content (AvgIpc) is 2.44. The van der Waals surface area contributed by atoms with Gasteiger partial charge in [-0.25, -0.2) is 9.97 Å². The topological polar surface area (TPSA) is 79.4 Å². The van der Waals surface area contributed by atoms with Crippen LogP contribution < -0.4 is 15.4 Å². The second kappa shape index (κ2) is 7.40. The number of carbonyl (C=O) groups excluding carboxylic acids is 1. The molecule has 0 spiro atoms. The number of nitrogens with zero attached hydrogens (tertiary/aromatic N) is 3. The smallest absolute Gasteiger partial charge is 0.241 e. The van der Waals surface area contributed by atoms with Crippen molar-refractivity contribution >= 4 is 17.5 Å². The molecule has 1 heterocycles. The van der Waals surface area contributed by atoms with E-state index in [-0.39, 0.29) is 12.5 Å². The highest BCUT2D eigenvalue weighted by molar-refractivity contribution is 5.81. The van der Waals surface area contributed by atoms with Gasteiger partial charge in [-0.1, -0.05) is 0 Å². The third-order valence-electron chi connectivity index (χ3n) is 2.66. The number of aromatic nitrogens is 2. The van der Waals surface area contributed by atoms with Crippen molar-refractivity contribution in [3.63, 3.8) is 0 Å². The van der Waals surface area contributed by atoms with E-state index in [0.717, 1.165) is 6.54 Å². The van der Waals surface area contributed by atoms with Gasteiger partial charge >= 0.3 is 0 Å². The Kier molecular flexibility index (Phi) is 5.84. The maximum atomic E-state index is 11.7. The van der Waals surface area contributed by atoms with Crippen LogP contribution >= 0.6 is 0 Å². The number of likely N-dealkylation sites (N-methyl/N-ethyl adjacent to an activating group) is 1. The quantitative estimate of drug-likeness (QED) is 0.761. The maximum Gasteiger partial charge on any atom is 0.241 e. The fraction of sp³-hybridized carbons (Fsp3) is 0.583. The van der Waals surface area contributed by atoms with Crippen LogP contribution in [0.15, 0.2) is 6.33 Å². The Morgan fingerprint density at radius 2 is 1.95 bits per heavy atom. The second-order valence-electron chi connectivity index (χ2n) is 3.90. The molecule has 0 radical (unpaired) electrons. The Morgan fingerprint density at radius 3 is 2.47 bits per heavy atom. The van der Waals surface area contributed by atoms with Gasteiger partial charge in [-0.15, -0.1) is 0 Å². The first-order valence-corrected chi connectivity index (χ1v) is 6.24. The van der Waals surface area contributed by atoms with Crippen molar-refractivity contribution < 1.29 is 9.53 Å². The number of hydrogen-bond donors (Lipinski definition) is 2. The lowest BCUT2D eigenvalue weighted by atomic mass is 10.4. The first-order chi connectivity index (χ1) is 9.13. The Hall–Kier alpha value is -2.05. The molecule has 19 heavy (non-hydrogen) atoms. The monoisotopic (exact) mass is 267 g/mol. The van der Waals surface area contributed by atoms with Crippen molar-refractivity contribution in [2.75, 3.05) is 44.4 Å². The zero-order valence-corrected chi connectivity index (χ0v) is 11.9. The minimum absolute atomic E-state index is 0.00633. The zero-order valence-electron chi connectivity index (χ0n) is 11.9. The summed E-state index contributed by atoms with van der Waals surface area (Å²) in [5.41, 5.74) is 0. The van der Waals surface area contributed by atoms with E-state index >= 15 is 0 Å². The van der Waals surface area contributed by atoms with Gasteiger partial charge in [0.15, 0.2) is 11.6 Å². The summed E-state index contributed by atoms with van der Waals surface area (Å²) in [6.07, 6.45) is 1.43. The summed E-state index contributed by atoms with van der Waals surface area (Å²) >= 11 is 0. The number of nitrogens with one attached hydrogen (secondary N) is 2. The van der Waals surface area contributed by atoms with Gasteiger partial charge in [-0.2, -0.15) is 0 Å². The number of ether oxygens (including phenoxy) is 1. The molecule has 0 bridgehead atoms. The van der Waals surface area contributed by atoms with E-state index in [9.17, 15) is 4.79 Å². The summed E-state index contributed by atoms with van der Waals surface area (Å²) in [4.78, 5) is 21.5. The third kappa shape index (κ3) is 3.97. The number of anilines is 2. The molecule has 0 fully saturated rings. The molecule has 1 amide bonds. The lowest BCUT2D eigenvalue weighted by Crippen LogP contribution is -2.32. The van der Waals surface area contributed by atoms with Gasteiger partial charge < -0.3 is 20.3 Å². The molecular formula is C12H21N5O2. The second-order valence-corrected chi connectivity index (χ2v) is 3.90. The van der Waals surface area contributed by atoms with Crippen LogP contribution in [0.2, 0.25) is 0 Å². The van der Waals surface area contributed by atoms with Gasteiger partial charge in [0.2, 0.25) is 11.7 Å². The summed E-state index contributed by atoms with van der Waals surface area (Å²) in [6, 6.07) is 0. The van der Waals surface area contributed by atoms with Crippen LogP contribution in [-0.4, -0.2) is 54.6 Å². The average molecular weight is 267 g/mol. The van der Waals surface area contributed by atoms with Gasteiger partial charge in [0, 0.05) is 20.1 Å². The van der Waals surface area contributed by atoms with Crippen molar-refractivity contribution in [3.8, 4) is 5.75 Å². The predicted molar refractivity (Wildman–Crippen MR) is 74.5 cm³/mol. The van der Waals surface area contributed by atoms with Crippen LogP contribution in [0.3, 0.4) is 0 Å². The molecule has 0 aliphatic heterocycles. The maximum absolute atomic E-state index is 11.7. The summed E-state index contributed by atoms with van der Waals surface area (Å²) in [5.74, 6) is 1.62. The van der Waals surface area contributed by atoms with Crippen LogP contribution in [0.1, 0.15) is 13.8 Å². The molecule has 0 aliphatic carbocycles. The number of methoxy groups -OCH3 is 1. The molecule has 1 aromatic heterocycles. The van der Waals surface area contributed by atoms with Crippen molar-refractivity contribution in [2.24, 2.45) is 0 Å². The highest BCUT2D eigenvalue weighted by atomic mass is 16.5. The fourth-order valence-electron chi connectivity index (χ4n) is 1.46. The van der Waals surface area contributed by atoms with Crippen LogP contribution in [0, 0.1) is 0 Å². The van der Waals surface area contributed by atoms with Crippen molar-refractivity contribution in [1.82, 2.24) is 14.9 Å². The SMILES string of the molecule is CCNc1ncnc(NCC(=O)N(C)CC)c1OC. The Bertz CT molecular complexity index is 425. The molecule has 0 aliphatic rings. The molecule has 0 aromatic carbocycles. The first-order valence-electron chi connectivity index (χ1n) is 6.24. The van der Waals surface area contributed by atoms with Crippen LogP contribution in [0.5, 0.6) is 5.75 Å². The van der Waals surface area contributed by atoms with Crippen molar-refractivity contribution in [1.29, 1.82) is 0 Å². The predicted octanol–water partition coefficient (Wildman–Crippen LogP) is 0.807. The molecule has 1 aromatic rings. The Morgan fingerprint density at radius 1 is 1.32 bits per heavy atom. The summed E-state index contributed by atoms with van der Waals surface area (Å²) in [6.45, 7) is 5.46. The standard InChI is InChI=1S/C12H21N5O2/c1-5-13-11-10(19-4)12(16-8-15-11)14-7-9(18)17(3)6-2/h8H,5-7H2,1-4H3,(H2,13,14,15,16). The van der Waals surface area contributed by atoms with Gasteiger partial charge in [-0.05, 0) is 13.8 Å². The fourth-order valence-corrected chi connectivity index (χ4v) is 1.46. The lowest BCUT2D eigenvalue weighted by molar-refractivity contribution is -0.127. The minimum atomic E-state index is -0.00633. The van der Waals surface area contributed by atoms with E-state index in [1.54, 1.807) is 19.1 Å². The van der Waals surface area contributed by atoms with Crippen molar-refractivity contribution in [3.05, 3.63) is 6.33 Å². The van der Waals surface area contributed by atoms with Gasteiger partial charge in [-0.3, -0.25) is 4.79 Å². The molecule has 0 unspecified atom stereocenters. The molecule has 0 saturated heterocycles. The summed E-state index contributed by atoms with van der Waals surface area (Å²) < 4.78 is 5.27. The van der Waals surface area contributed by atoms with E-state index in [4.69, 9.17) is 4.74 Å². The van der Waals surface area contributed by atoms with Crippen LogP contribution in [-0.2, 0) is 4.79 Å². The van der Waals surface area contributed by atoms with E-state index in [1.165, 1.54) is 6.33 Å². The van der Waals surface area contributed by atoms with Crippen molar-refractivity contribution in [2.45, 2.75) is 13.8 Å². The number of rotatable bonds is 7. The molecule has 7 nitrogen and oxygen atoms in total. The van der Waals surface area contributed by atoms with Crippen LogP contribution in [0.4, 0.5) is 11.6 Å². The molecule has 1 rings (SSSR count). The zero-order chi connectivity index (χ0) is 14.3. The van der Waals surface area contributed by atoms with E-state index in [0.29, 0.717) is 23.9 Å². The minimum Gasteiger partial charge on any atom is -0.490 e. The first kappa shape index (κ1) is 15.0. The summed E-state index contributed by atoms with van der Waals surface area (Å²) in [5, 5.41) is 6.05. The number of amides is 1. The highest BCUT2D eigenvalue weighted by Crippen LogP contribution is 2.28. The molecule has 106 valence electrons. The van der Waals surface area contributed by atoms with Gasteiger partial charge in [0.25, 0.3) is 0 Å². The lowest BCUT2D eigenvalue weighted by Gasteiger charge is -2.16.